The van der Waals surface area contributed by atoms with E-state index in [4.69, 9.17) is 23.7 Å². The van der Waals surface area contributed by atoms with Crippen molar-refractivity contribution in [1.82, 2.24) is 4.90 Å². The van der Waals surface area contributed by atoms with E-state index in [1.807, 2.05) is 53.4 Å². The molecule has 34 heavy (non-hydrogen) atoms. The largest absolute Gasteiger partial charge is 0.496 e. The first-order chi connectivity index (χ1) is 16.6. The lowest BCUT2D eigenvalue weighted by atomic mass is 9.91. The summed E-state index contributed by atoms with van der Waals surface area (Å²) in [6.07, 6.45) is 0.682. The molecular weight excluding hydrogens is 434 g/mol. The predicted molar refractivity (Wildman–Crippen MR) is 129 cm³/mol. The van der Waals surface area contributed by atoms with Crippen LogP contribution in [0.4, 0.5) is 0 Å². The molecule has 0 radical (unpaired) electrons. The van der Waals surface area contributed by atoms with Crippen molar-refractivity contribution < 1.29 is 28.5 Å². The molecule has 1 atom stereocenters. The van der Waals surface area contributed by atoms with Crippen LogP contribution in [0.5, 0.6) is 28.7 Å². The van der Waals surface area contributed by atoms with Gasteiger partial charge >= 0.3 is 0 Å². The Hall–Kier alpha value is -3.87. The van der Waals surface area contributed by atoms with Gasteiger partial charge in [0.2, 0.25) is 0 Å². The van der Waals surface area contributed by atoms with Crippen molar-refractivity contribution in [2.45, 2.75) is 12.5 Å². The molecule has 0 fully saturated rings. The molecule has 0 spiro atoms. The SMILES string of the molecule is COc1cc2c(cc1OC)C(COc1ccccc1OC)N(C(=O)c1ccccc1OC)CC2. The topological polar surface area (TPSA) is 66.5 Å². The van der Waals surface area contributed by atoms with Gasteiger partial charge in [-0.05, 0) is 53.9 Å². The highest BCUT2D eigenvalue weighted by molar-refractivity contribution is 5.97. The first kappa shape index (κ1) is 23.3. The number of fused-ring (bicyclic) bond motifs is 1. The summed E-state index contributed by atoms with van der Waals surface area (Å²) in [5.74, 6) is 2.93. The zero-order valence-corrected chi connectivity index (χ0v) is 19.9. The summed E-state index contributed by atoms with van der Waals surface area (Å²) in [5, 5.41) is 0. The number of amides is 1. The molecule has 1 unspecified atom stereocenters. The zero-order chi connectivity index (χ0) is 24.1. The minimum absolute atomic E-state index is 0.119. The van der Waals surface area contributed by atoms with Crippen molar-refractivity contribution >= 4 is 5.91 Å². The van der Waals surface area contributed by atoms with Crippen LogP contribution in [-0.2, 0) is 6.42 Å². The summed E-state index contributed by atoms with van der Waals surface area (Å²) in [5.41, 5.74) is 2.56. The fourth-order valence-electron chi connectivity index (χ4n) is 4.33. The van der Waals surface area contributed by atoms with Crippen LogP contribution in [0.15, 0.2) is 60.7 Å². The quantitative estimate of drug-likeness (QED) is 0.489. The first-order valence-corrected chi connectivity index (χ1v) is 11.1. The lowest BCUT2D eigenvalue weighted by Crippen LogP contribution is -2.42. The van der Waals surface area contributed by atoms with E-state index in [0.29, 0.717) is 47.3 Å². The highest BCUT2D eigenvalue weighted by Gasteiger charge is 2.34. The van der Waals surface area contributed by atoms with Crippen LogP contribution in [0.25, 0.3) is 0 Å². The van der Waals surface area contributed by atoms with Gasteiger partial charge in [-0.2, -0.15) is 0 Å². The molecule has 0 saturated carbocycles. The number of hydrogen-bond acceptors (Lipinski definition) is 6. The van der Waals surface area contributed by atoms with Crippen molar-refractivity contribution in [3.8, 4) is 28.7 Å². The highest BCUT2D eigenvalue weighted by atomic mass is 16.5. The molecule has 0 saturated heterocycles. The fourth-order valence-corrected chi connectivity index (χ4v) is 4.33. The van der Waals surface area contributed by atoms with E-state index in [1.165, 1.54) is 0 Å². The molecule has 0 aromatic heterocycles. The third-order valence-electron chi connectivity index (χ3n) is 6.07. The van der Waals surface area contributed by atoms with E-state index in [0.717, 1.165) is 11.1 Å². The number of rotatable bonds is 8. The molecule has 3 aromatic carbocycles. The maximum Gasteiger partial charge on any atom is 0.258 e. The second-order valence-electron chi connectivity index (χ2n) is 7.83. The molecule has 178 valence electrons. The standard InChI is InChI=1S/C27H29NO6/c1-30-22-10-6-5-9-19(22)27(29)28-14-13-18-15-25(32-3)26(33-4)16-20(18)21(28)17-34-24-12-8-7-11-23(24)31-2/h5-12,15-16,21H,13-14,17H2,1-4H3. The normalized spacial score (nSPS) is 14.7. The van der Waals surface area contributed by atoms with Crippen LogP contribution in [0, 0.1) is 0 Å². The van der Waals surface area contributed by atoms with Crippen LogP contribution in [0.3, 0.4) is 0 Å². The summed E-state index contributed by atoms with van der Waals surface area (Å²) in [6, 6.07) is 18.3. The first-order valence-electron chi connectivity index (χ1n) is 11.1. The highest BCUT2D eigenvalue weighted by Crippen LogP contribution is 2.40. The molecule has 0 N–H and O–H groups in total. The van der Waals surface area contributed by atoms with Gasteiger partial charge < -0.3 is 28.6 Å². The average molecular weight is 464 g/mol. The number of carbonyl (C=O) groups is 1. The van der Waals surface area contributed by atoms with E-state index in [1.54, 1.807) is 40.6 Å². The monoisotopic (exact) mass is 463 g/mol. The van der Waals surface area contributed by atoms with Crippen LogP contribution >= 0.6 is 0 Å². The Labute approximate surface area is 199 Å². The maximum absolute atomic E-state index is 13.7. The van der Waals surface area contributed by atoms with Crippen LogP contribution in [0.2, 0.25) is 0 Å². The Kier molecular flexibility index (Phi) is 7.11. The van der Waals surface area contributed by atoms with Gasteiger partial charge in [0.1, 0.15) is 12.4 Å². The van der Waals surface area contributed by atoms with Crippen LogP contribution in [-0.4, -0.2) is 52.4 Å². The number of benzene rings is 3. The minimum Gasteiger partial charge on any atom is -0.496 e. The zero-order valence-electron chi connectivity index (χ0n) is 19.9. The Morgan fingerprint density at radius 3 is 2.06 bits per heavy atom. The van der Waals surface area contributed by atoms with Gasteiger partial charge in [0.15, 0.2) is 23.0 Å². The molecule has 1 aliphatic heterocycles. The number of para-hydroxylation sites is 3. The fraction of sp³-hybridized carbons (Fsp3) is 0.296. The Balaban J connectivity index is 1.74. The van der Waals surface area contributed by atoms with Crippen molar-refractivity contribution in [3.05, 3.63) is 77.4 Å². The van der Waals surface area contributed by atoms with Crippen molar-refractivity contribution in [1.29, 1.82) is 0 Å². The molecule has 3 aromatic rings. The summed E-state index contributed by atoms with van der Waals surface area (Å²) >= 11 is 0. The van der Waals surface area contributed by atoms with Gasteiger partial charge in [0.05, 0.1) is 40.0 Å². The number of ether oxygens (including phenoxy) is 5. The molecule has 1 amide bonds. The van der Waals surface area contributed by atoms with E-state index in [9.17, 15) is 4.79 Å². The van der Waals surface area contributed by atoms with Gasteiger partial charge in [-0.15, -0.1) is 0 Å². The molecule has 7 nitrogen and oxygen atoms in total. The molecule has 0 bridgehead atoms. The maximum atomic E-state index is 13.7. The van der Waals surface area contributed by atoms with Gasteiger partial charge in [-0.25, -0.2) is 0 Å². The van der Waals surface area contributed by atoms with E-state index >= 15 is 0 Å². The summed E-state index contributed by atoms with van der Waals surface area (Å²) in [7, 11) is 6.39. The number of carbonyl (C=O) groups excluding carboxylic acids is 1. The van der Waals surface area contributed by atoms with Gasteiger partial charge in [-0.1, -0.05) is 24.3 Å². The van der Waals surface area contributed by atoms with Crippen LogP contribution < -0.4 is 23.7 Å². The lowest BCUT2D eigenvalue weighted by molar-refractivity contribution is 0.0584. The van der Waals surface area contributed by atoms with E-state index < -0.39 is 0 Å². The van der Waals surface area contributed by atoms with E-state index in [-0.39, 0.29) is 18.6 Å². The Morgan fingerprint density at radius 1 is 0.794 bits per heavy atom. The molecule has 0 aliphatic carbocycles. The Bertz CT molecular complexity index is 1160. The number of hydrogen-bond donors (Lipinski definition) is 0. The second kappa shape index (κ2) is 10.4. The number of methoxy groups -OCH3 is 4. The summed E-state index contributed by atoms with van der Waals surface area (Å²) in [4.78, 5) is 15.6. The smallest absolute Gasteiger partial charge is 0.258 e. The summed E-state index contributed by atoms with van der Waals surface area (Å²) in [6.45, 7) is 0.767. The molecule has 1 aliphatic rings. The molecule has 4 rings (SSSR count). The predicted octanol–water partition coefficient (Wildman–Crippen LogP) is 4.54. The lowest BCUT2D eigenvalue weighted by Gasteiger charge is -2.38. The van der Waals surface area contributed by atoms with Crippen LogP contribution in [0.1, 0.15) is 27.5 Å². The molecular formula is C27H29NO6. The second-order valence-corrected chi connectivity index (χ2v) is 7.83. The average Bonchev–Trinajstić information content (AvgIpc) is 2.90. The van der Waals surface area contributed by atoms with Crippen molar-refractivity contribution in [2.24, 2.45) is 0 Å². The van der Waals surface area contributed by atoms with E-state index in [2.05, 4.69) is 0 Å². The third-order valence-corrected chi connectivity index (χ3v) is 6.07. The molecule has 1 heterocycles. The van der Waals surface area contributed by atoms with Crippen molar-refractivity contribution in [2.75, 3.05) is 41.6 Å². The summed E-state index contributed by atoms with van der Waals surface area (Å²) < 4.78 is 28.2. The van der Waals surface area contributed by atoms with Gasteiger partial charge in [0.25, 0.3) is 5.91 Å². The minimum atomic E-state index is -0.356. The number of nitrogens with zero attached hydrogens (tertiary/aromatic N) is 1. The van der Waals surface area contributed by atoms with Crippen molar-refractivity contribution in [3.63, 3.8) is 0 Å². The van der Waals surface area contributed by atoms with Gasteiger partial charge in [0, 0.05) is 6.54 Å². The third kappa shape index (κ3) is 4.46. The Morgan fingerprint density at radius 2 is 1.38 bits per heavy atom. The van der Waals surface area contributed by atoms with Gasteiger partial charge in [-0.3, -0.25) is 4.79 Å². The molecule has 7 heteroatoms.